The van der Waals surface area contributed by atoms with Gasteiger partial charge in [0.25, 0.3) is 5.91 Å². The SMILES string of the molecule is CNc1cc(C(=O)N2CCC(CO)C2)cc(Cl)n1. The summed E-state index contributed by atoms with van der Waals surface area (Å²) in [5.41, 5.74) is 0.526. The number of amides is 1. The largest absolute Gasteiger partial charge is 0.396 e. The van der Waals surface area contributed by atoms with Gasteiger partial charge in [0.05, 0.1) is 0 Å². The molecule has 0 aliphatic carbocycles. The van der Waals surface area contributed by atoms with Gasteiger partial charge in [-0.1, -0.05) is 11.6 Å². The molecule has 1 aliphatic rings. The Morgan fingerprint density at radius 3 is 3.06 bits per heavy atom. The molecular weight excluding hydrogens is 254 g/mol. The smallest absolute Gasteiger partial charge is 0.254 e. The summed E-state index contributed by atoms with van der Waals surface area (Å²) in [5, 5.41) is 12.2. The highest BCUT2D eigenvalue weighted by molar-refractivity contribution is 6.29. The Kier molecular flexibility index (Phi) is 4.04. The number of nitrogens with zero attached hydrogens (tertiary/aromatic N) is 2. The molecule has 1 aromatic rings. The number of aliphatic hydroxyl groups is 1. The van der Waals surface area contributed by atoms with Crippen molar-refractivity contribution < 1.29 is 9.90 Å². The number of aromatic nitrogens is 1. The molecule has 1 atom stereocenters. The number of hydrogen-bond donors (Lipinski definition) is 2. The zero-order valence-electron chi connectivity index (χ0n) is 10.2. The number of likely N-dealkylation sites (tertiary alicyclic amines) is 1. The van der Waals surface area contributed by atoms with Crippen molar-refractivity contribution in [3.63, 3.8) is 0 Å². The van der Waals surface area contributed by atoms with Crippen LogP contribution >= 0.6 is 11.6 Å². The van der Waals surface area contributed by atoms with Crippen LogP contribution in [0.5, 0.6) is 0 Å². The van der Waals surface area contributed by atoms with E-state index in [0.29, 0.717) is 29.6 Å². The number of rotatable bonds is 3. The number of nitrogens with one attached hydrogen (secondary N) is 1. The number of halogens is 1. The van der Waals surface area contributed by atoms with Gasteiger partial charge in [-0.25, -0.2) is 4.98 Å². The van der Waals surface area contributed by atoms with Crippen molar-refractivity contribution in [2.45, 2.75) is 6.42 Å². The normalized spacial score (nSPS) is 19.1. The second-order valence-electron chi connectivity index (χ2n) is 4.40. The van der Waals surface area contributed by atoms with Crippen LogP contribution in [0.4, 0.5) is 5.82 Å². The van der Waals surface area contributed by atoms with E-state index in [4.69, 9.17) is 16.7 Å². The lowest BCUT2D eigenvalue weighted by Crippen LogP contribution is -2.29. The van der Waals surface area contributed by atoms with Crippen LogP contribution in [0.3, 0.4) is 0 Å². The molecular formula is C12H16ClN3O2. The molecule has 0 aromatic carbocycles. The predicted octanol–water partition coefficient (Wildman–Crippen LogP) is 1.23. The highest BCUT2D eigenvalue weighted by Gasteiger charge is 2.26. The molecule has 1 saturated heterocycles. The molecule has 0 radical (unpaired) electrons. The van der Waals surface area contributed by atoms with Gasteiger partial charge in [-0.2, -0.15) is 0 Å². The van der Waals surface area contributed by atoms with Crippen molar-refractivity contribution in [3.05, 3.63) is 22.8 Å². The summed E-state index contributed by atoms with van der Waals surface area (Å²) in [5.74, 6) is 0.700. The minimum atomic E-state index is -0.0632. The molecule has 2 rings (SSSR count). The van der Waals surface area contributed by atoms with Crippen LogP contribution in [0.15, 0.2) is 12.1 Å². The molecule has 18 heavy (non-hydrogen) atoms. The van der Waals surface area contributed by atoms with E-state index in [1.807, 2.05) is 0 Å². The molecule has 0 saturated carbocycles. The fraction of sp³-hybridized carbons (Fsp3) is 0.500. The minimum absolute atomic E-state index is 0.0632. The Bertz CT molecular complexity index is 453. The number of hydrogen-bond acceptors (Lipinski definition) is 4. The molecule has 1 aromatic heterocycles. The van der Waals surface area contributed by atoms with Crippen molar-refractivity contribution in [1.29, 1.82) is 0 Å². The van der Waals surface area contributed by atoms with E-state index in [0.717, 1.165) is 6.42 Å². The third-order valence-electron chi connectivity index (χ3n) is 3.13. The number of carbonyl (C=O) groups excluding carboxylic acids is 1. The van der Waals surface area contributed by atoms with Crippen molar-refractivity contribution in [1.82, 2.24) is 9.88 Å². The second kappa shape index (κ2) is 5.54. The van der Waals surface area contributed by atoms with Gasteiger partial charge >= 0.3 is 0 Å². The summed E-state index contributed by atoms with van der Waals surface area (Å²) in [6.07, 6.45) is 0.847. The lowest BCUT2D eigenvalue weighted by Gasteiger charge is -2.16. The lowest BCUT2D eigenvalue weighted by molar-refractivity contribution is 0.0782. The number of pyridine rings is 1. The molecule has 2 heterocycles. The Balaban J connectivity index is 2.16. The summed E-state index contributed by atoms with van der Waals surface area (Å²) >= 11 is 5.87. The van der Waals surface area contributed by atoms with E-state index in [1.165, 1.54) is 0 Å². The van der Waals surface area contributed by atoms with E-state index < -0.39 is 0 Å². The van der Waals surface area contributed by atoms with E-state index in [1.54, 1.807) is 24.1 Å². The van der Waals surface area contributed by atoms with Crippen molar-refractivity contribution in [3.8, 4) is 0 Å². The van der Waals surface area contributed by atoms with Crippen LogP contribution < -0.4 is 5.32 Å². The molecule has 1 amide bonds. The Labute approximate surface area is 111 Å². The van der Waals surface area contributed by atoms with Gasteiger partial charge in [-0.15, -0.1) is 0 Å². The van der Waals surface area contributed by atoms with E-state index >= 15 is 0 Å². The highest BCUT2D eigenvalue weighted by Crippen LogP contribution is 2.21. The average molecular weight is 270 g/mol. The summed E-state index contributed by atoms with van der Waals surface area (Å²) in [6.45, 7) is 1.41. The summed E-state index contributed by atoms with van der Waals surface area (Å²) in [6, 6.07) is 3.25. The molecule has 0 bridgehead atoms. The van der Waals surface area contributed by atoms with Crippen LogP contribution in [0.1, 0.15) is 16.8 Å². The van der Waals surface area contributed by atoms with Crippen LogP contribution in [-0.2, 0) is 0 Å². The maximum Gasteiger partial charge on any atom is 0.254 e. The first-order chi connectivity index (χ1) is 8.63. The van der Waals surface area contributed by atoms with Crippen LogP contribution in [0.25, 0.3) is 0 Å². The third-order valence-corrected chi connectivity index (χ3v) is 3.32. The summed E-state index contributed by atoms with van der Waals surface area (Å²) < 4.78 is 0. The van der Waals surface area contributed by atoms with E-state index in [2.05, 4.69) is 10.3 Å². The Morgan fingerprint density at radius 2 is 2.44 bits per heavy atom. The van der Waals surface area contributed by atoms with Crippen LogP contribution in [0, 0.1) is 5.92 Å². The third kappa shape index (κ3) is 2.73. The van der Waals surface area contributed by atoms with E-state index in [-0.39, 0.29) is 18.4 Å². The van der Waals surface area contributed by atoms with Gasteiger partial charge < -0.3 is 15.3 Å². The minimum Gasteiger partial charge on any atom is -0.396 e. The molecule has 1 unspecified atom stereocenters. The maximum absolute atomic E-state index is 12.3. The molecule has 2 N–H and O–H groups in total. The van der Waals surface area contributed by atoms with Crippen molar-refractivity contribution in [2.75, 3.05) is 32.1 Å². The van der Waals surface area contributed by atoms with Crippen LogP contribution in [-0.4, -0.2) is 47.6 Å². The van der Waals surface area contributed by atoms with Gasteiger partial charge in [-0.3, -0.25) is 4.79 Å². The first-order valence-electron chi connectivity index (χ1n) is 5.89. The zero-order chi connectivity index (χ0) is 13.1. The standard InChI is InChI=1S/C12H16ClN3O2/c1-14-11-5-9(4-10(13)15-11)12(18)16-3-2-8(6-16)7-17/h4-5,8,17H,2-3,6-7H2,1H3,(H,14,15). The molecule has 98 valence electrons. The average Bonchev–Trinajstić information content (AvgIpc) is 2.85. The van der Waals surface area contributed by atoms with Gasteiger partial charge in [0.15, 0.2) is 0 Å². The maximum atomic E-state index is 12.3. The number of carbonyl (C=O) groups is 1. The number of anilines is 1. The highest BCUT2D eigenvalue weighted by atomic mass is 35.5. The van der Waals surface area contributed by atoms with Gasteiger partial charge in [0.2, 0.25) is 0 Å². The Hall–Kier alpha value is -1.33. The van der Waals surface area contributed by atoms with Gasteiger partial charge in [0.1, 0.15) is 11.0 Å². The lowest BCUT2D eigenvalue weighted by atomic mass is 10.1. The summed E-state index contributed by atoms with van der Waals surface area (Å²) in [7, 11) is 1.73. The molecule has 1 fully saturated rings. The van der Waals surface area contributed by atoms with Crippen LogP contribution in [0.2, 0.25) is 5.15 Å². The predicted molar refractivity (Wildman–Crippen MR) is 69.9 cm³/mol. The number of aliphatic hydroxyl groups excluding tert-OH is 1. The monoisotopic (exact) mass is 269 g/mol. The zero-order valence-corrected chi connectivity index (χ0v) is 10.9. The van der Waals surface area contributed by atoms with Crippen molar-refractivity contribution in [2.24, 2.45) is 5.92 Å². The summed E-state index contributed by atoms with van der Waals surface area (Å²) in [4.78, 5) is 18.0. The fourth-order valence-electron chi connectivity index (χ4n) is 2.10. The Morgan fingerprint density at radius 1 is 1.67 bits per heavy atom. The fourth-order valence-corrected chi connectivity index (χ4v) is 2.31. The quantitative estimate of drug-likeness (QED) is 0.810. The molecule has 6 heteroatoms. The topological polar surface area (TPSA) is 65.5 Å². The molecule has 0 spiro atoms. The van der Waals surface area contributed by atoms with E-state index in [9.17, 15) is 4.79 Å². The second-order valence-corrected chi connectivity index (χ2v) is 4.79. The first-order valence-corrected chi connectivity index (χ1v) is 6.27. The van der Waals surface area contributed by atoms with Gasteiger partial charge in [0, 0.05) is 38.2 Å². The van der Waals surface area contributed by atoms with Crippen molar-refractivity contribution >= 4 is 23.3 Å². The first kappa shape index (κ1) is 13.1. The van der Waals surface area contributed by atoms with Gasteiger partial charge in [-0.05, 0) is 18.6 Å². The molecule has 1 aliphatic heterocycles. The molecule has 5 nitrogen and oxygen atoms in total.